The lowest BCUT2D eigenvalue weighted by Gasteiger charge is -2.34. The van der Waals surface area contributed by atoms with Gasteiger partial charge in [0.2, 0.25) is 0 Å². The maximum atomic E-state index is 12.2. The van der Waals surface area contributed by atoms with Crippen LogP contribution < -0.4 is 0 Å². The Labute approximate surface area is 141 Å². The van der Waals surface area contributed by atoms with Crippen molar-refractivity contribution in [3.8, 4) is 0 Å². The van der Waals surface area contributed by atoms with Crippen LogP contribution in [0.3, 0.4) is 0 Å². The van der Waals surface area contributed by atoms with Crippen molar-refractivity contribution in [2.24, 2.45) is 10.9 Å². The first-order chi connectivity index (χ1) is 10.6. The maximum absolute atomic E-state index is 12.2. The van der Waals surface area contributed by atoms with Gasteiger partial charge in [-0.3, -0.25) is 4.99 Å². The van der Waals surface area contributed by atoms with Gasteiger partial charge < -0.3 is 19.4 Å². The average Bonchev–Trinajstić information content (AvgIpc) is 2.41. The molecule has 0 saturated carbocycles. The summed E-state index contributed by atoms with van der Waals surface area (Å²) in [4.78, 5) is 22.8. The molecule has 1 rings (SSSR count). The average molecular weight is 326 g/mol. The Morgan fingerprint density at radius 3 is 2.35 bits per heavy atom. The highest BCUT2D eigenvalue weighted by molar-refractivity contribution is 5.79. The summed E-state index contributed by atoms with van der Waals surface area (Å²) < 4.78 is 5.48. The van der Waals surface area contributed by atoms with Crippen LogP contribution in [0.1, 0.15) is 40.0 Å². The lowest BCUT2D eigenvalue weighted by atomic mass is 9.95. The standard InChI is InChI=1S/C17H34N4O2/c1-17(2,3)23-16(22)21-12-8-9-14(13-21)10-11-18-15(19(4)5)20(6)7/h14H,8-13H2,1-7H3. The van der Waals surface area contributed by atoms with Crippen molar-refractivity contribution in [3.05, 3.63) is 0 Å². The fraction of sp³-hybridized carbons (Fsp3) is 0.882. The minimum absolute atomic E-state index is 0.187. The van der Waals surface area contributed by atoms with E-state index in [4.69, 9.17) is 4.74 Å². The molecule has 6 nitrogen and oxygen atoms in total. The highest BCUT2D eigenvalue weighted by atomic mass is 16.6. The number of guanidine groups is 1. The summed E-state index contributed by atoms with van der Waals surface area (Å²) in [6, 6.07) is 0. The molecule has 0 N–H and O–H groups in total. The van der Waals surface area contributed by atoms with E-state index in [1.165, 1.54) is 0 Å². The van der Waals surface area contributed by atoms with Crippen molar-refractivity contribution in [2.75, 3.05) is 47.8 Å². The van der Waals surface area contributed by atoms with E-state index < -0.39 is 5.60 Å². The van der Waals surface area contributed by atoms with E-state index in [0.717, 1.165) is 44.9 Å². The van der Waals surface area contributed by atoms with Crippen LogP contribution in [0.15, 0.2) is 4.99 Å². The molecule has 0 aromatic heterocycles. The van der Waals surface area contributed by atoms with Crippen LogP contribution in [0, 0.1) is 5.92 Å². The molecule has 23 heavy (non-hydrogen) atoms. The van der Waals surface area contributed by atoms with Crippen LogP contribution in [0.4, 0.5) is 4.79 Å². The lowest BCUT2D eigenvalue weighted by molar-refractivity contribution is 0.0163. The lowest BCUT2D eigenvalue weighted by Crippen LogP contribution is -2.43. The highest BCUT2D eigenvalue weighted by Crippen LogP contribution is 2.21. The van der Waals surface area contributed by atoms with Crippen LogP contribution in [0.5, 0.6) is 0 Å². The predicted molar refractivity (Wildman–Crippen MR) is 94.8 cm³/mol. The number of rotatable bonds is 3. The maximum Gasteiger partial charge on any atom is 0.410 e. The van der Waals surface area contributed by atoms with E-state index in [0.29, 0.717) is 5.92 Å². The molecule has 1 heterocycles. The minimum Gasteiger partial charge on any atom is -0.444 e. The molecule has 1 fully saturated rings. The molecule has 6 heteroatoms. The van der Waals surface area contributed by atoms with Crippen LogP contribution in [0.2, 0.25) is 0 Å². The number of amides is 1. The monoisotopic (exact) mass is 326 g/mol. The number of hydrogen-bond donors (Lipinski definition) is 0. The third kappa shape index (κ3) is 7.10. The fourth-order valence-corrected chi connectivity index (χ4v) is 2.82. The van der Waals surface area contributed by atoms with Crippen molar-refractivity contribution in [2.45, 2.75) is 45.6 Å². The van der Waals surface area contributed by atoms with Gasteiger partial charge in [-0.15, -0.1) is 0 Å². The van der Waals surface area contributed by atoms with E-state index in [2.05, 4.69) is 4.99 Å². The van der Waals surface area contributed by atoms with E-state index in [-0.39, 0.29) is 6.09 Å². The second-order valence-electron chi connectivity index (χ2n) is 7.69. The Bertz CT molecular complexity index is 403. The highest BCUT2D eigenvalue weighted by Gasteiger charge is 2.27. The summed E-state index contributed by atoms with van der Waals surface area (Å²) in [5, 5.41) is 0. The molecule has 1 aliphatic rings. The van der Waals surface area contributed by atoms with Gasteiger partial charge in [-0.2, -0.15) is 0 Å². The molecule has 0 aromatic carbocycles. The van der Waals surface area contributed by atoms with Crippen LogP contribution >= 0.6 is 0 Å². The van der Waals surface area contributed by atoms with Gasteiger partial charge in [-0.05, 0) is 46.0 Å². The summed E-state index contributed by atoms with van der Waals surface area (Å²) in [5.74, 6) is 1.48. The number of carbonyl (C=O) groups is 1. The molecule has 1 atom stereocenters. The quantitative estimate of drug-likeness (QED) is 0.590. The van der Waals surface area contributed by atoms with E-state index >= 15 is 0 Å². The van der Waals surface area contributed by atoms with Gasteiger partial charge in [0.05, 0.1) is 0 Å². The Hall–Kier alpha value is -1.46. The number of piperidine rings is 1. The van der Waals surface area contributed by atoms with E-state index in [1.54, 1.807) is 0 Å². The molecule has 134 valence electrons. The van der Waals surface area contributed by atoms with Gasteiger partial charge >= 0.3 is 6.09 Å². The van der Waals surface area contributed by atoms with Crippen molar-refractivity contribution < 1.29 is 9.53 Å². The predicted octanol–water partition coefficient (Wildman–Crippen LogP) is 2.50. The third-order valence-electron chi connectivity index (χ3n) is 3.76. The summed E-state index contributed by atoms with van der Waals surface area (Å²) >= 11 is 0. The Balaban J connectivity index is 2.50. The number of likely N-dealkylation sites (tertiary alicyclic amines) is 1. The number of hydrogen-bond acceptors (Lipinski definition) is 3. The smallest absolute Gasteiger partial charge is 0.410 e. The molecule has 0 spiro atoms. The van der Waals surface area contributed by atoms with Crippen LogP contribution in [-0.4, -0.2) is 80.2 Å². The molecule has 0 aliphatic carbocycles. The SMILES string of the molecule is CN(C)C(=NCCC1CCCN(C(=O)OC(C)(C)C)C1)N(C)C. The Kier molecular flexibility index (Phi) is 7.16. The first kappa shape index (κ1) is 19.6. The van der Waals surface area contributed by atoms with E-state index in [1.807, 2.05) is 63.7 Å². The molecule has 1 saturated heterocycles. The van der Waals surface area contributed by atoms with Crippen molar-refractivity contribution in [1.29, 1.82) is 0 Å². The van der Waals surface area contributed by atoms with Gasteiger partial charge in [0, 0.05) is 47.8 Å². The van der Waals surface area contributed by atoms with Gasteiger partial charge in [0.15, 0.2) is 5.96 Å². The zero-order valence-corrected chi connectivity index (χ0v) is 15.9. The molecular weight excluding hydrogens is 292 g/mol. The summed E-state index contributed by atoms with van der Waals surface area (Å²) in [6.45, 7) is 8.10. The molecule has 1 aliphatic heterocycles. The Morgan fingerprint density at radius 2 is 1.83 bits per heavy atom. The van der Waals surface area contributed by atoms with Crippen molar-refractivity contribution in [3.63, 3.8) is 0 Å². The molecular formula is C17H34N4O2. The molecule has 1 amide bonds. The Morgan fingerprint density at radius 1 is 1.22 bits per heavy atom. The number of nitrogens with zero attached hydrogens (tertiary/aromatic N) is 4. The first-order valence-electron chi connectivity index (χ1n) is 8.47. The largest absolute Gasteiger partial charge is 0.444 e. The second-order valence-corrected chi connectivity index (χ2v) is 7.69. The van der Waals surface area contributed by atoms with Gasteiger partial charge in [-0.1, -0.05) is 0 Å². The first-order valence-corrected chi connectivity index (χ1v) is 8.47. The van der Waals surface area contributed by atoms with E-state index in [9.17, 15) is 4.79 Å². The molecule has 0 bridgehead atoms. The summed E-state index contributed by atoms with van der Waals surface area (Å²) in [5.41, 5.74) is -0.430. The fourth-order valence-electron chi connectivity index (χ4n) is 2.82. The molecule has 0 aromatic rings. The topological polar surface area (TPSA) is 48.4 Å². The molecule has 0 radical (unpaired) electrons. The third-order valence-corrected chi connectivity index (χ3v) is 3.76. The number of ether oxygens (including phenoxy) is 1. The number of aliphatic imine (C=N–C) groups is 1. The van der Waals surface area contributed by atoms with Crippen molar-refractivity contribution in [1.82, 2.24) is 14.7 Å². The zero-order valence-electron chi connectivity index (χ0n) is 15.9. The van der Waals surface area contributed by atoms with Crippen LogP contribution in [-0.2, 0) is 4.74 Å². The van der Waals surface area contributed by atoms with Crippen molar-refractivity contribution >= 4 is 12.1 Å². The number of carbonyl (C=O) groups excluding carboxylic acids is 1. The van der Waals surface area contributed by atoms with Crippen LogP contribution in [0.25, 0.3) is 0 Å². The summed E-state index contributed by atoms with van der Waals surface area (Å²) in [7, 11) is 8.01. The second kappa shape index (κ2) is 8.41. The minimum atomic E-state index is -0.430. The zero-order chi connectivity index (χ0) is 17.6. The molecule has 1 unspecified atom stereocenters. The van der Waals surface area contributed by atoms with Gasteiger partial charge in [0.1, 0.15) is 5.60 Å². The summed E-state index contributed by atoms with van der Waals surface area (Å²) in [6.07, 6.45) is 3.02. The normalized spacial score (nSPS) is 18.4. The van der Waals surface area contributed by atoms with Gasteiger partial charge in [-0.25, -0.2) is 4.79 Å². The van der Waals surface area contributed by atoms with Gasteiger partial charge in [0.25, 0.3) is 0 Å².